The van der Waals surface area contributed by atoms with Gasteiger partial charge in [0.2, 0.25) is 5.91 Å². The average molecular weight is 276 g/mol. The molecule has 0 spiro atoms. The van der Waals surface area contributed by atoms with Gasteiger partial charge in [-0.15, -0.1) is 0 Å². The van der Waals surface area contributed by atoms with Crippen LogP contribution in [0.2, 0.25) is 0 Å². The molecule has 5 nitrogen and oxygen atoms in total. The molecular formula is C15H20N2O3. The summed E-state index contributed by atoms with van der Waals surface area (Å²) in [6.07, 6.45) is -0.435. The fourth-order valence-electron chi connectivity index (χ4n) is 1.88. The van der Waals surface area contributed by atoms with Gasteiger partial charge in [-0.25, -0.2) is 0 Å². The molecule has 20 heavy (non-hydrogen) atoms. The lowest BCUT2D eigenvalue weighted by Gasteiger charge is -2.36. The first-order valence-corrected chi connectivity index (χ1v) is 6.67. The fourth-order valence-corrected chi connectivity index (χ4v) is 1.88. The maximum absolute atomic E-state index is 12.3. The summed E-state index contributed by atoms with van der Waals surface area (Å²) in [7, 11) is 0. The van der Waals surface area contributed by atoms with E-state index in [1.165, 1.54) is 0 Å². The molecule has 1 heterocycles. The van der Waals surface area contributed by atoms with Crippen LogP contribution >= 0.6 is 0 Å². The van der Waals surface area contributed by atoms with Gasteiger partial charge in [-0.05, 0) is 12.1 Å². The maximum atomic E-state index is 12.3. The van der Waals surface area contributed by atoms with Crippen LogP contribution in [0.1, 0.15) is 31.1 Å². The molecular weight excluding hydrogens is 256 g/mol. The Morgan fingerprint density at radius 1 is 1.25 bits per heavy atom. The molecule has 0 aromatic heterocycles. The smallest absolute Gasteiger partial charge is 0.256 e. The molecule has 108 valence electrons. The predicted molar refractivity (Wildman–Crippen MR) is 76.4 cm³/mol. The number of aliphatic hydroxyl groups is 1. The topological polar surface area (TPSA) is 69.6 Å². The number of aliphatic hydroxyl groups excluding tert-OH is 1. The van der Waals surface area contributed by atoms with Crippen molar-refractivity contribution in [1.82, 2.24) is 4.90 Å². The number of nitrogens with zero attached hydrogens (tertiary/aromatic N) is 1. The number of likely N-dealkylation sites (tertiary alicyclic amines) is 1. The van der Waals surface area contributed by atoms with E-state index in [4.69, 9.17) is 0 Å². The number of carbonyl (C=O) groups excluding carboxylic acids is 2. The van der Waals surface area contributed by atoms with Crippen LogP contribution in [0.15, 0.2) is 24.3 Å². The molecule has 1 fully saturated rings. The summed E-state index contributed by atoms with van der Waals surface area (Å²) in [6.45, 7) is 6.15. The number of rotatable bonds is 2. The van der Waals surface area contributed by atoms with Gasteiger partial charge in [0.25, 0.3) is 5.91 Å². The minimum atomic E-state index is -0.525. The van der Waals surface area contributed by atoms with Gasteiger partial charge in [0.05, 0.1) is 17.4 Å². The number of benzene rings is 1. The molecule has 1 aliphatic rings. The zero-order valence-corrected chi connectivity index (χ0v) is 12.0. The summed E-state index contributed by atoms with van der Waals surface area (Å²) in [6, 6.07) is 6.94. The number of β-amino-alcohol motifs (C(OH)–C–C–N with tert-alkyl or cyclic N) is 1. The molecule has 1 saturated heterocycles. The Hall–Kier alpha value is -1.88. The van der Waals surface area contributed by atoms with Crippen LogP contribution in [0.4, 0.5) is 5.69 Å². The van der Waals surface area contributed by atoms with Crippen LogP contribution in [0.5, 0.6) is 0 Å². The van der Waals surface area contributed by atoms with Gasteiger partial charge < -0.3 is 15.3 Å². The summed E-state index contributed by atoms with van der Waals surface area (Å²) < 4.78 is 0. The first-order chi connectivity index (χ1) is 9.29. The number of amides is 2. The molecule has 0 atom stereocenters. The van der Waals surface area contributed by atoms with Crippen molar-refractivity contribution in [2.45, 2.75) is 26.9 Å². The monoisotopic (exact) mass is 276 g/mol. The van der Waals surface area contributed by atoms with E-state index in [1.807, 2.05) is 20.8 Å². The quantitative estimate of drug-likeness (QED) is 0.859. The van der Waals surface area contributed by atoms with E-state index in [9.17, 15) is 14.7 Å². The second-order valence-corrected chi connectivity index (χ2v) is 6.11. The number of para-hydroxylation sites is 1. The van der Waals surface area contributed by atoms with Gasteiger partial charge in [-0.3, -0.25) is 9.59 Å². The lowest BCUT2D eigenvalue weighted by Crippen LogP contribution is -2.53. The second kappa shape index (κ2) is 5.25. The van der Waals surface area contributed by atoms with E-state index in [0.717, 1.165) is 0 Å². The summed E-state index contributed by atoms with van der Waals surface area (Å²) in [5.74, 6) is -0.304. The number of hydrogen-bond donors (Lipinski definition) is 2. The van der Waals surface area contributed by atoms with E-state index in [2.05, 4.69) is 5.32 Å². The largest absolute Gasteiger partial charge is 0.389 e. The standard InChI is InChI=1S/C15H20N2O3/c1-15(2,3)14(20)16-12-7-5-4-6-11(12)13(19)17-8-10(18)9-17/h4-7,10,18H,8-9H2,1-3H3,(H,16,20). The van der Waals surface area contributed by atoms with Crippen molar-refractivity contribution in [1.29, 1.82) is 0 Å². The lowest BCUT2D eigenvalue weighted by atomic mass is 9.95. The van der Waals surface area contributed by atoms with Gasteiger partial charge in [0.15, 0.2) is 0 Å². The Kier molecular flexibility index (Phi) is 3.81. The number of hydrogen-bond acceptors (Lipinski definition) is 3. The Labute approximate surface area is 118 Å². The van der Waals surface area contributed by atoms with Crippen molar-refractivity contribution in [2.24, 2.45) is 5.41 Å². The molecule has 0 unspecified atom stereocenters. The number of anilines is 1. The Morgan fingerprint density at radius 2 is 1.85 bits per heavy atom. The van der Waals surface area contributed by atoms with Crippen LogP contribution < -0.4 is 5.32 Å². The van der Waals surface area contributed by atoms with Gasteiger partial charge >= 0.3 is 0 Å². The predicted octanol–water partition coefficient (Wildman–Crippen LogP) is 1.49. The minimum Gasteiger partial charge on any atom is -0.389 e. The molecule has 0 bridgehead atoms. The van der Waals surface area contributed by atoms with Crippen LogP contribution in [0.25, 0.3) is 0 Å². The molecule has 2 amide bonds. The molecule has 1 aromatic carbocycles. The zero-order valence-electron chi connectivity index (χ0n) is 12.0. The lowest BCUT2D eigenvalue weighted by molar-refractivity contribution is -0.123. The second-order valence-electron chi connectivity index (χ2n) is 6.11. The minimum absolute atomic E-state index is 0.138. The van der Waals surface area contributed by atoms with E-state index < -0.39 is 11.5 Å². The van der Waals surface area contributed by atoms with Crippen LogP contribution in [-0.2, 0) is 4.79 Å². The van der Waals surface area contributed by atoms with E-state index >= 15 is 0 Å². The van der Waals surface area contributed by atoms with Crippen molar-refractivity contribution < 1.29 is 14.7 Å². The van der Waals surface area contributed by atoms with Crippen molar-refractivity contribution in [3.63, 3.8) is 0 Å². The highest BCUT2D eigenvalue weighted by Crippen LogP contribution is 2.23. The molecule has 1 aliphatic heterocycles. The molecule has 2 N–H and O–H groups in total. The molecule has 0 radical (unpaired) electrons. The highest BCUT2D eigenvalue weighted by Gasteiger charge is 2.31. The summed E-state index contributed by atoms with van der Waals surface area (Å²) >= 11 is 0. The molecule has 0 aliphatic carbocycles. The van der Waals surface area contributed by atoms with Crippen molar-refractivity contribution in [3.05, 3.63) is 29.8 Å². The van der Waals surface area contributed by atoms with Crippen LogP contribution in [0.3, 0.4) is 0 Å². The molecule has 2 rings (SSSR count). The molecule has 5 heteroatoms. The number of carbonyl (C=O) groups is 2. The van der Waals surface area contributed by atoms with Crippen molar-refractivity contribution >= 4 is 17.5 Å². The normalized spacial score (nSPS) is 15.7. The SMILES string of the molecule is CC(C)(C)C(=O)Nc1ccccc1C(=O)N1CC(O)C1. The van der Waals surface area contributed by atoms with Gasteiger partial charge in [-0.2, -0.15) is 0 Å². The third-order valence-electron chi connectivity index (χ3n) is 3.24. The van der Waals surface area contributed by atoms with Crippen LogP contribution in [0, 0.1) is 5.41 Å². The van der Waals surface area contributed by atoms with Crippen LogP contribution in [-0.4, -0.2) is 41.0 Å². The van der Waals surface area contributed by atoms with Gasteiger partial charge in [0, 0.05) is 18.5 Å². The third kappa shape index (κ3) is 2.99. The average Bonchev–Trinajstić information content (AvgIpc) is 2.34. The third-order valence-corrected chi connectivity index (χ3v) is 3.24. The van der Waals surface area contributed by atoms with E-state index in [0.29, 0.717) is 24.3 Å². The highest BCUT2D eigenvalue weighted by atomic mass is 16.3. The zero-order chi connectivity index (χ0) is 14.9. The van der Waals surface area contributed by atoms with E-state index in [1.54, 1.807) is 29.2 Å². The van der Waals surface area contributed by atoms with Gasteiger partial charge in [-0.1, -0.05) is 32.9 Å². The summed E-state index contributed by atoms with van der Waals surface area (Å²) in [4.78, 5) is 25.9. The summed E-state index contributed by atoms with van der Waals surface area (Å²) in [5.41, 5.74) is 0.444. The molecule has 0 saturated carbocycles. The first-order valence-electron chi connectivity index (χ1n) is 6.67. The summed E-state index contributed by atoms with van der Waals surface area (Å²) in [5, 5.41) is 12.1. The van der Waals surface area contributed by atoms with Gasteiger partial charge in [0.1, 0.15) is 0 Å². The van der Waals surface area contributed by atoms with E-state index in [-0.39, 0.29) is 11.8 Å². The first kappa shape index (κ1) is 14.5. The van der Waals surface area contributed by atoms with Crippen molar-refractivity contribution in [2.75, 3.05) is 18.4 Å². The Bertz CT molecular complexity index is 528. The number of nitrogens with one attached hydrogen (secondary N) is 1. The Morgan fingerprint density at radius 3 is 2.40 bits per heavy atom. The highest BCUT2D eigenvalue weighted by molar-refractivity contribution is 6.04. The molecule has 1 aromatic rings. The fraction of sp³-hybridized carbons (Fsp3) is 0.467. The van der Waals surface area contributed by atoms with Crippen molar-refractivity contribution in [3.8, 4) is 0 Å². The Balaban J connectivity index is 2.18. The maximum Gasteiger partial charge on any atom is 0.256 e.